The Balaban J connectivity index is 2.53. The van der Waals surface area contributed by atoms with Crippen molar-refractivity contribution in [3.8, 4) is 0 Å². The van der Waals surface area contributed by atoms with Gasteiger partial charge in [0.05, 0.1) is 12.6 Å². The summed E-state index contributed by atoms with van der Waals surface area (Å²) in [7, 11) is 0. The molecule has 0 radical (unpaired) electrons. The van der Waals surface area contributed by atoms with E-state index in [1.54, 1.807) is 0 Å². The van der Waals surface area contributed by atoms with Gasteiger partial charge in [0.2, 0.25) is 0 Å². The summed E-state index contributed by atoms with van der Waals surface area (Å²) in [6.07, 6.45) is 0.198. The Morgan fingerprint density at radius 3 is 2.72 bits per heavy atom. The number of carbonyl (C=O) groups excluding carboxylic acids is 1. The number of guanidine groups is 1. The summed E-state index contributed by atoms with van der Waals surface area (Å²) in [4.78, 5) is 15.4. The number of hydrogen-bond donors (Lipinski definition) is 2. The fraction of sp³-hybridized carbons (Fsp3) is 0.385. The second kappa shape index (κ2) is 7.32. The Morgan fingerprint density at radius 1 is 1.44 bits per heavy atom. The van der Waals surface area contributed by atoms with Crippen LogP contribution in [-0.2, 0) is 4.74 Å². The molecule has 0 fully saturated rings. The normalized spacial score (nSPS) is 12.9. The van der Waals surface area contributed by atoms with E-state index < -0.39 is 6.09 Å². The second-order valence-electron chi connectivity index (χ2n) is 3.86. The van der Waals surface area contributed by atoms with Crippen molar-refractivity contribution in [3.05, 3.63) is 35.9 Å². The van der Waals surface area contributed by atoms with Crippen LogP contribution in [0.2, 0.25) is 0 Å². The third kappa shape index (κ3) is 4.86. The highest BCUT2D eigenvalue weighted by Crippen LogP contribution is 2.15. The number of benzene rings is 1. The van der Waals surface area contributed by atoms with Crippen LogP contribution >= 0.6 is 0 Å². The molecule has 5 heteroatoms. The van der Waals surface area contributed by atoms with Crippen LogP contribution in [0.4, 0.5) is 4.79 Å². The minimum Gasteiger partial charge on any atom is -0.449 e. The first-order valence-corrected chi connectivity index (χ1v) is 5.95. The summed E-state index contributed by atoms with van der Waals surface area (Å²) in [5, 5.41) is 2.38. The molecule has 5 nitrogen and oxygen atoms in total. The highest BCUT2D eigenvalue weighted by atomic mass is 16.5. The fourth-order valence-electron chi connectivity index (χ4n) is 1.38. The zero-order valence-electron chi connectivity index (χ0n) is 10.7. The number of ether oxygens (including phenoxy) is 1. The van der Waals surface area contributed by atoms with Crippen LogP contribution in [-0.4, -0.2) is 18.7 Å². The van der Waals surface area contributed by atoms with Gasteiger partial charge in [0.15, 0.2) is 5.96 Å². The number of nitrogens with two attached hydrogens (primary N) is 1. The first kappa shape index (κ1) is 14.0. The number of hydrogen-bond acceptors (Lipinski definition) is 3. The molecule has 0 aromatic heterocycles. The maximum atomic E-state index is 11.2. The summed E-state index contributed by atoms with van der Waals surface area (Å²) in [6, 6.07) is 9.59. The summed E-state index contributed by atoms with van der Waals surface area (Å²) in [5.41, 5.74) is 6.65. The Labute approximate surface area is 107 Å². The van der Waals surface area contributed by atoms with Crippen molar-refractivity contribution in [2.45, 2.75) is 26.3 Å². The minimum absolute atomic E-state index is 0.0625. The molecular weight excluding hydrogens is 230 g/mol. The number of alkyl carbamates (subject to hydrolysis) is 1. The Hall–Kier alpha value is -2.04. The summed E-state index contributed by atoms with van der Waals surface area (Å²) in [5.74, 6) is 0.0625. The molecule has 0 aliphatic heterocycles. The van der Waals surface area contributed by atoms with Gasteiger partial charge in [-0.2, -0.15) is 0 Å². The molecule has 0 unspecified atom stereocenters. The minimum atomic E-state index is -0.571. The molecule has 1 atom stereocenters. The number of rotatable bonds is 4. The highest BCUT2D eigenvalue weighted by Gasteiger charge is 2.06. The van der Waals surface area contributed by atoms with E-state index in [9.17, 15) is 4.79 Å². The number of aliphatic imine (C=N–C) groups is 1. The molecule has 0 spiro atoms. The van der Waals surface area contributed by atoms with Crippen LogP contribution < -0.4 is 11.1 Å². The molecule has 0 aliphatic carbocycles. The third-order valence-corrected chi connectivity index (χ3v) is 2.28. The number of nitrogens with one attached hydrogen (secondary N) is 1. The van der Waals surface area contributed by atoms with E-state index in [4.69, 9.17) is 10.5 Å². The predicted octanol–water partition coefficient (Wildman–Crippen LogP) is 2.20. The number of carbonyl (C=O) groups is 1. The van der Waals surface area contributed by atoms with E-state index in [1.165, 1.54) is 0 Å². The molecular formula is C13H19N3O2. The molecule has 0 heterocycles. The van der Waals surface area contributed by atoms with E-state index in [1.807, 2.05) is 44.2 Å². The lowest BCUT2D eigenvalue weighted by Gasteiger charge is -2.09. The predicted molar refractivity (Wildman–Crippen MR) is 71.3 cm³/mol. The molecule has 1 amide bonds. The van der Waals surface area contributed by atoms with Crippen LogP contribution in [0, 0.1) is 0 Å². The molecule has 0 saturated heterocycles. The molecule has 1 rings (SSSR count). The lowest BCUT2D eigenvalue weighted by Crippen LogP contribution is -2.37. The Morgan fingerprint density at radius 2 is 2.11 bits per heavy atom. The van der Waals surface area contributed by atoms with Crippen molar-refractivity contribution in [3.63, 3.8) is 0 Å². The summed E-state index contributed by atoms with van der Waals surface area (Å²) >= 11 is 0. The van der Waals surface area contributed by atoms with Gasteiger partial charge in [0.1, 0.15) is 0 Å². The quantitative estimate of drug-likeness (QED) is 0.634. The van der Waals surface area contributed by atoms with Crippen molar-refractivity contribution in [1.29, 1.82) is 0 Å². The van der Waals surface area contributed by atoms with Gasteiger partial charge in [-0.1, -0.05) is 37.3 Å². The monoisotopic (exact) mass is 249 g/mol. The van der Waals surface area contributed by atoms with E-state index in [0.717, 1.165) is 12.0 Å². The zero-order valence-corrected chi connectivity index (χ0v) is 10.7. The van der Waals surface area contributed by atoms with Crippen molar-refractivity contribution >= 4 is 12.1 Å². The molecule has 0 aliphatic rings. The standard InChI is InChI=1S/C13H19N3O2/c1-3-9-18-13(17)16-12(14)15-10(2)11-7-5-4-6-8-11/h4-8,10H,3,9H2,1-2H3,(H3,14,15,16,17)/t10-/m1/s1. The van der Waals surface area contributed by atoms with E-state index in [2.05, 4.69) is 10.3 Å². The van der Waals surface area contributed by atoms with Crippen LogP contribution in [0.5, 0.6) is 0 Å². The summed E-state index contributed by atoms with van der Waals surface area (Å²) < 4.78 is 4.84. The van der Waals surface area contributed by atoms with Gasteiger partial charge in [-0.3, -0.25) is 5.32 Å². The van der Waals surface area contributed by atoms with Crippen LogP contribution in [0.25, 0.3) is 0 Å². The molecule has 18 heavy (non-hydrogen) atoms. The summed E-state index contributed by atoms with van der Waals surface area (Å²) in [6.45, 7) is 4.19. The fourth-order valence-corrected chi connectivity index (χ4v) is 1.38. The SMILES string of the molecule is CCCOC(=O)NC(N)=N[C@H](C)c1ccccc1. The van der Waals surface area contributed by atoms with Crippen LogP contribution in [0.15, 0.2) is 35.3 Å². The van der Waals surface area contributed by atoms with Gasteiger partial charge in [-0.05, 0) is 18.9 Å². The van der Waals surface area contributed by atoms with Crippen molar-refractivity contribution < 1.29 is 9.53 Å². The number of amides is 1. The highest BCUT2D eigenvalue weighted by molar-refractivity contribution is 5.92. The Kier molecular flexibility index (Phi) is 5.70. The van der Waals surface area contributed by atoms with Crippen LogP contribution in [0.1, 0.15) is 31.9 Å². The molecule has 98 valence electrons. The average Bonchev–Trinajstić information content (AvgIpc) is 2.37. The van der Waals surface area contributed by atoms with Gasteiger partial charge < -0.3 is 10.5 Å². The van der Waals surface area contributed by atoms with Gasteiger partial charge in [-0.15, -0.1) is 0 Å². The smallest absolute Gasteiger partial charge is 0.413 e. The third-order valence-electron chi connectivity index (χ3n) is 2.28. The molecule has 0 saturated carbocycles. The Bertz CT molecular complexity index is 404. The molecule has 1 aromatic rings. The first-order valence-electron chi connectivity index (χ1n) is 5.95. The zero-order chi connectivity index (χ0) is 13.4. The second-order valence-corrected chi connectivity index (χ2v) is 3.86. The van der Waals surface area contributed by atoms with Gasteiger partial charge >= 0.3 is 6.09 Å². The van der Waals surface area contributed by atoms with E-state index in [-0.39, 0.29) is 12.0 Å². The molecule has 3 N–H and O–H groups in total. The first-order chi connectivity index (χ1) is 8.63. The topological polar surface area (TPSA) is 76.7 Å². The lowest BCUT2D eigenvalue weighted by atomic mass is 10.1. The van der Waals surface area contributed by atoms with Gasteiger partial charge in [-0.25, -0.2) is 9.79 Å². The lowest BCUT2D eigenvalue weighted by molar-refractivity contribution is 0.151. The largest absolute Gasteiger partial charge is 0.449 e. The molecule has 1 aromatic carbocycles. The van der Waals surface area contributed by atoms with E-state index >= 15 is 0 Å². The van der Waals surface area contributed by atoms with Gasteiger partial charge in [0, 0.05) is 0 Å². The number of nitrogens with zero attached hydrogens (tertiary/aromatic N) is 1. The average molecular weight is 249 g/mol. The van der Waals surface area contributed by atoms with Crippen molar-refractivity contribution in [2.75, 3.05) is 6.61 Å². The van der Waals surface area contributed by atoms with E-state index in [0.29, 0.717) is 6.61 Å². The van der Waals surface area contributed by atoms with Crippen LogP contribution in [0.3, 0.4) is 0 Å². The van der Waals surface area contributed by atoms with Crippen molar-refractivity contribution in [1.82, 2.24) is 5.32 Å². The maximum absolute atomic E-state index is 11.2. The molecule has 0 bridgehead atoms. The maximum Gasteiger partial charge on any atom is 0.413 e. The van der Waals surface area contributed by atoms with Gasteiger partial charge in [0.25, 0.3) is 0 Å². The van der Waals surface area contributed by atoms with Crippen molar-refractivity contribution in [2.24, 2.45) is 10.7 Å².